The van der Waals surface area contributed by atoms with E-state index >= 15 is 0 Å². The summed E-state index contributed by atoms with van der Waals surface area (Å²) < 4.78 is 0. The Kier molecular flexibility index (Phi) is 5.11. The minimum atomic E-state index is 1.05. The molecule has 66 valence electrons. The SMILES string of the molecule is C=CC1=C(C=C)CC(C)=C1.CC. The second-order valence-corrected chi connectivity index (χ2v) is 2.56. The Morgan fingerprint density at radius 2 is 1.83 bits per heavy atom. The highest BCUT2D eigenvalue weighted by molar-refractivity contribution is 5.48. The zero-order valence-corrected chi connectivity index (χ0v) is 8.35. The van der Waals surface area contributed by atoms with E-state index in [2.05, 4.69) is 26.2 Å². The van der Waals surface area contributed by atoms with Crippen LogP contribution < -0.4 is 0 Å². The Morgan fingerprint density at radius 3 is 2.17 bits per heavy atom. The van der Waals surface area contributed by atoms with E-state index in [0.717, 1.165) is 6.42 Å². The molecule has 0 nitrogen and oxygen atoms in total. The fraction of sp³-hybridized carbons (Fsp3) is 0.333. The van der Waals surface area contributed by atoms with E-state index in [4.69, 9.17) is 0 Å². The lowest BCUT2D eigenvalue weighted by molar-refractivity contribution is 1.19. The molecular weight excluding hydrogens is 144 g/mol. The molecule has 0 heteroatoms. The van der Waals surface area contributed by atoms with Gasteiger partial charge in [0.25, 0.3) is 0 Å². The monoisotopic (exact) mass is 162 g/mol. The van der Waals surface area contributed by atoms with Crippen LogP contribution >= 0.6 is 0 Å². The maximum Gasteiger partial charge on any atom is -0.00608 e. The van der Waals surface area contributed by atoms with E-state index < -0.39 is 0 Å². The van der Waals surface area contributed by atoms with Gasteiger partial charge in [0, 0.05) is 0 Å². The highest BCUT2D eigenvalue weighted by Gasteiger charge is 2.06. The lowest BCUT2D eigenvalue weighted by Crippen LogP contribution is -1.74. The largest absolute Gasteiger partial charge is 0.0988 e. The van der Waals surface area contributed by atoms with Gasteiger partial charge >= 0.3 is 0 Å². The van der Waals surface area contributed by atoms with Gasteiger partial charge in [-0.3, -0.25) is 0 Å². The van der Waals surface area contributed by atoms with Crippen LogP contribution in [0.2, 0.25) is 0 Å². The third kappa shape index (κ3) is 2.54. The van der Waals surface area contributed by atoms with Gasteiger partial charge in [-0.1, -0.05) is 50.8 Å². The molecule has 0 radical (unpaired) electrons. The Morgan fingerprint density at radius 1 is 1.25 bits per heavy atom. The van der Waals surface area contributed by atoms with E-state index in [0.29, 0.717) is 0 Å². The van der Waals surface area contributed by atoms with Gasteiger partial charge < -0.3 is 0 Å². The first-order chi connectivity index (χ1) is 5.77. The molecule has 0 saturated heterocycles. The van der Waals surface area contributed by atoms with Crippen molar-refractivity contribution in [3.05, 3.63) is 48.1 Å². The number of rotatable bonds is 2. The van der Waals surface area contributed by atoms with Crippen molar-refractivity contribution < 1.29 is 0 Å². The molecule has 1 aliphatic carbocycles. The van der Waals surface area contributed by atoms with Crippen LogP contribution in [0.25, 0.3) is 0 Å². The molecule has 0 aromatic heterocycles. The summed E-state index contributed by atoms with van der Waals surface area (Å²) in [5.74, 6) is 0. The first kappa shape index (κ1) is 11.0. The second-order valence-electron chi connectivity index (χ2n) is 2.56. The predicted molar refractivity (Wildman–Crippen MR) is 57.1 cm³/mol. The van der Waals surface area contributed by atoms with E-state index in [9.17, 15) is 0 Å². The van der Waals surface area contributed by atoms with Crippen molar-refractivity contribution in [2.45, 2.75) is 27.2 Å². The van der Waals surface area contributed by atoms with Crippen LogP contribution in [-0.2, 0) is 0 Å². The smallest absolute Gasteiger partial charge is 0.00608 e. The molecule has 0 N–H and O–H groups in total. The topological polar surface area (TPSA) is 0 Å². The summed E-state index contributed by atoms with van der Waals surface area (Å²) in [4.78, 5) is 0. The zero-order chi connectivity index (χ0) is 9.56. The lowest BCUT2D eigenvalue weighted by Gasteiger charge is -1.93. The average Bonchev–Trinajstić information content (AvgIpc) is 2.49. The van der Waals surface area contributed by atoms with Crippen LogP contribution in [0.3, 0.4) is 0 Å². The van der Waals surface area contributed by atoms with E-state index in [1.54, 1.807) is 0 Å². The molecular formula is C12H18. The first-order valence-corrected chi connectivity index (χ1v) is 4.43. The fourth-order valence-corrected chi connectivity index (χ4v) is 1.19. The summed E-state index contributed by atoms with van der Waals surface area (Å²) in [7, 11) is 0. The maximum absolute atomic E-state index is 3.74. The Bertz CT molecular complexity index is 226. The quantitative estimate of drug-likeness (QED) is 0.575. The maximum atomic E-state index is 3.74. The number of allylic oxidation sites excluding steroid dienone is 6. The molecule has 0 heterocycles. The number of hydrogen-bond donors (Lipinski definition) is 0. The van der Waals surface area contributed by atoms with Gasteiger partial charge in [0.1, 0.15) is 0 Å². The summed E-state index contributed by atoms with van der Waals surface area (Å²) in [5, 5.41) is 0. The predicted octanol–water partition coefficient (Wildman–Crippen LogP) is 4.03. The van der Waals surface area contributed by atoms with Crippen molar-refractivity contribution >= 4 is 0 Å². The van der Waals surface area contributed by atoms with Crippen molar-refractivity contribution in [3.63, 3.8) is 0 Å². The average molecular weight is 162 g/mol. The molecule has 0 atom stereocenters. The van der Waals surface area contributed by atoms with Crippen LogP contribution in [0.4, 0.5) is 0 Å². The summed E-state index contributed by atoms with van der Waals surface area (Å²) in [5.41, 5.74) is 3.92. The van der Waals surface area contributed by atoms with Gasteiger partial charge in [-0.05, 0) is 24.5 Å². The molecule has 0 aromatic rings. The molecule has 0 fully saturated rings. The molecule has 0 aromatic carbocycles. The third-order valence-electron chi connectivity index (χ3n) is 1.71. The van der Waals surface area contributed by atoms with Gasteiger partial charge in [-0.2, -0.15) is 0 Å². The molecule has 1 aliphatic rings. The standard InChI is InChI=1S/C10H12.C2H6/c1-4-9-6-8(3)7-10(9)5-2;1-2/h4-6H,1-2,7H2,3H3;1-2H3. The van der Waals surface area contributed by atoms with Crippen LogP contribution in [-0.4, -0.2) is 0 Å². The summed E-state index contributed by atoms with van der Waals surface area (Å²) >= 11 is 0. The van der Waals surface area contributed by atoms with Crippen molar-refractivity contribution in [3.8, 4) is 0 Å². The molecule has 0 amide bonds. The molecule has 0 unspecified atom stereocenters. The Labute approximate surface area is 76.0 Å². The van der Waals surface area contributed by atoms with Crippen molar-refractivity contribution in [1.82, 2.24) is 0 Å². The first-order valence-electron chi connectivity index (χ1n) is 4.43. The molecule has 0 bridgehead atoms. The van der Waals surface area contributed by atoms with Crippen LogP contribution in [0, 0.1) is 0 Å². The fourth-order valence-electron chi connectivity index (χ4n) is 1.19. The molecule has 0 saturated carbocycles. The normalized spacial score (nSPS) is 14.8. The third-order valence-corrected chi connectivity index (χ3v) is 1.71. The van der Waals surface area contributed by atoms with Crippen molar-refractivity contribution in [2.75, 3.05) is 0 Å². The van der Waals surface area contributed by atoms with Crippen LogP contribution in [0.1, 0.15) is 27.2 Å². The number of hydrogen-bond acceptors (Lipinski definition) is 0. The Balaban J connectivity index is 0.000000561. The summed E-state index contributed by atoms with van der Waals surface area (Å²) in [6.07, 6.45) is 6.99. The van der Waals surface area contributed by atoms with E-state index in [1.807, 2.05) is 26.0 Å². The van der Waals surface area contributed by atoms with E-state index in [1.165, 1.54) is 16.7 Å². The van der Waals surface area contributed by atoms with Gasteiger partial charge in [-0.15, -0.1) is 0 Å². The van der Waals surface area contributed by atoms with E-state index in [-0.39, 0.29) is 0 Å². The van der Waals surface area contributed by atoms with Crippen LogP contribution in [0.15, 0.2) is 48.1 Å². The molecule has 0 aliphatic heterocycles. The highest BCUT2D eigenvalue weighted by atomic mass is 14.1. The summed E-state index contributed by atoms with van der Waals surface area (Å²) in [6, 6.07) is 0. The molecule has 12 heavy (non-hydrogen) atoms. The zero-order valence-electron chi connectivity index (χ0n) is 8.35. The highest BCUT2D eigenvalue weighted by Crippen LogP contribution is 2.25. The van der Waals surface area contributed by atoms with Gasteiger partial charge in [0.05, 0.1) is 0 Å². The lowest BCUT2D eigenvalue weighted by atomic mass is 10.1. The van der Waals surface area contributed by atoms with Crippen molar-refractivity contribution in [2.24, 2.45) is 0 Å². The van der Waals surface area contributed by atoms with Gasteiger partial charge in [-0.25, -0.2) is 0 Å². The van der Waals surface area contributed by atoms with Crippen LogP contribution in [0.5, 0.6) is 0 Å². The summed E-state index contributed by atoms with van der Waals surface area (Å²) in [6.45, 7) is 13.6. The molecule has 1 rings (SSSR count). The second kappa shape index (κ2) is 5.59. The minimum Gasteiger partial charge on any atom is -0.0988 e. The van der Waals surface area contributed by atoms with Gasteiger partial charge in [0.15, 0.2) is 0 Å². The van der Waals surface area contributed by atoms with Crippen molar-refractivity contribution in [1.29, 1.82) is 0 Å². The minimum absolute atomic E-state index is 1.05. The van der Waals surface area contributed by atoms with Gasteiger partial charge in [0.2, 0.25) is 0 Å². The Hall–Kier alpha value is -1.04. The molecule has 0 spiro atoms.